The maximum Gasteiger partial charge on any atom is 0.123 e. The molecule has 0 aliphatic carbocycles. The summed E-state index contributed by atoms with van der Waals surface area (Å²) in [5.74, 6) is 0.874. The Hall–Kier alpha value is -0.620. The van der Waals surface area contributed by atoms with E-state index in [9.17, 15) is 0 Å². The van der Waals surface area contributed by atoms with Crippen LogP contribution in [0.1, 0.15) is 25.5 Å². The van der Waals surface area contributed by atoms with Crippen molar-refractivity contribution in [3.63, 3.8) is 0 Å². The molecule has 1 atom stereocenters. The van der Waals surface area contributed by atoms with Gasteiger partial charge in [0.2, 0.25) is 0 Å². The second kappa shape index (κ2) is 9.34. The molecule has 20 heavy (non-hydrogen) atoms. The van der Waals surface area contributed by atoms with E-state index >= 15 is 0 Å². The van der Waals surface area contributed by atoms with E-state index in [1.807, 2.05) is 12.1 Å². The van der Waals surface area contributed by atoms with Crippen LogP contribution in [0.3, 0.4) is 0 Å². The number of benzene rings is 1. The zero-order valence-electron chi connectivity index (χ0n) is 12.7. The highest BCUT2D eigenvalue weighted by Crippen LogP contribution is 2.28. The third kappa shape index (κ3) is 5.05. The molecule has 0 aliphatic rings. The maximum atomic E-state index is 5.91. The SMILES string of the molecule is CCN(CC)CCNC(CN)c1cc(Br)ccc1OC. The van der Waals surface area contributed by atoms with Crippen LogP contribution in [0.4, 0.5) is 0 Å². The molecule has 1 rings (SSSR count). The van der Waals surface area contributed by atoms with Gasteiger partial charge in [0.15, 0.2) is 0 Å². The van der Waals surface area contributed by atoms with Crippen LogP contribution in [0.15, 0.2) is 22.7 Å². The molecular formula is C15H26BrN3O. The molecule has 0 spiro atoms. The lowest BCUT2D eigenvalue weighted by atomic mass is 10.1. The predicted octanol–water partition coefficient (Wildman–Crippen LogP) is 2.39. The summed E-state index contributed by atoms with van der Waals surface area (Å²) in [6.07, 6.45) is 0. The number of hydrogen-bond donors (Lipinski definition) is 2. The monoisotopic (exact) mass is 343 g/mol. The second-order valence-electron chi connectivity index (χ2n) is 4.66. The van der Waals surface area contributed by atoms with E-state index in [1.165, 1.54) is 0 Å². The van der Waals surface area contributed by atoms with Gasteiger partial charge < -0.3 is 20.7 Å². The average molecular weight is 344 g/mol. The van der Waals surface area contributed by atoms with Crippen molar-refractivity contribution in [2.45, 2.75) is 19.9 Å². The number of methoxy groups -OCH3 is 1. The smallest absolute Gasteiger partial charge is 0.123 e. The number of likely N-dealkylation sites (N-methyl/N-ethyl adjacent to an activating group) is 1. The third-order valence-corrected chi connectivity index (χ3v) is 4.01. The largest absolute Gasteiger partial charge is 0.496 e. The van der Waals surface area contributed by atoms with Crippen molar-refractivity contribution in [1.82, 2.24) is 10.2 Å². The molecule has 5 heteroatoms. The summed E-state index contributed by atoms with van der Waals surface area (Å²) < 4.78 is 6.47. The molecule has 0 saturated heterocycles. The van der Waals surface area contributed by atoms with E-state index in [2.05, 4.69) is 46.1 Å². The van der Waals surface area contributed by atoms with Gasteiger partial charge in [-0.25, -0.2) is 0 Å². The molecule has 0 saturated carbocycles. The van der Waals surface area contributed by atoms with E-state index in [-0.39, 0.29) is 6.04 Å². The minimum absolute atomic E-state index is 0.109. The first-order valence-corrected chi connectivity index (χ1v) is 7.94. The number of nitrogens with zero attached hydrogens (tertiary/aromatic N) is 1. The number of nitrogens with two attached hydrogens (primary N) is 1. The van der Waals surface area contributed by atoms with Gasteiger partial charge in [-0.2, -0.15) is 0 Å². The molecule has 0 radical (unpaired) electrons. The van der Waals surface area contributed by atoms with Crippen molar-refractivity contribution in [2.75, 3.05) is 39.8 Å². The Morgan fingerprint density at radius 1 is 1.35 bits per heavy atom. The predicted molar refractivity (Wildman–Crippen MR) is 88.3 cm³/mol. The van der Waals surface area contributed by atoms with Gasteiger partial charge in [0.05, 0.1) is 7.11 Å². The summed E-state index contributed by atoms with van der Waals surface area (Å²) in [6.45, 7) is 9.00. The van der Waals surface area contributed by atoms with Crippen molar-refractivity contribution < 1.29 is 4.74 Å². The molecular weight excluding hydrogens is 318 g/mol. The van der Waals surface area contributed by atoms with Crippen molar-refractivity contribution in [3.8, 4) is 5.75 Å². The fourth-order valence-electron chi connectivity index (χ4n) is 2.23. The van der Waals surface area contributed by atoms with E-state index in [0.717, 1.165) is 42.0 Å². The molecule has 1 unspecified atom stereocenters. The lowest BCUT2D eigenvalue weighted by molar-refractivity contribution is 0.296. The molecule has 4 nitrogen and oxygen atoms in total. The normalized spacial score (nSPS) is 12.7. The van der Waals surface area contributed by atoms with E-state index in [1.54, 1.807) is 7.11 Å². The first-order chi connectivity index (χ1) is 9.65. The fraction of sp³-hybridized carbons (Fsp3) is 0.600. The summed E-state index contributed by atoms with van der Waals surface area (Å²) in [5, 5.41) is 3.52. The Bertz CT molecular complexity index is 397. The lowest BCUT2D eigenvalue weighted by Crippen LogP contribution is -2.36. The van der Waals surface area contributed by atoms with E-state index in [4.69, 9.17) is 10.5 Å². The molecule has 1 aromatic carbocycles. The number of ether oxygens (including phenoxy) is 1. The quantitative estimate of drug-likeness (QED) is 0.722. The van der Waals surface area contributed by atoms with Gasteiger partial charge in [0.25, 0.3) is 0 Å². The highest BCUT2D eigenvalue weighted by Gasteiger charge is 2.15. The first kappa shape index (κ1) is 17.4. The standard InChI is InChI=1S/C15H26BrN3O/c1-4-19(5-2)9-8-18-14(11-17)13-10-12(16)6-7-15(13)20-3/h6-7,10,14,18H,4-5,8-9,11,17H2,1-3H3. The number of hydrogen-bond acceptors (Lipinski definition) is 4. The summed E-state index contributed by atoms with van der Waals surface area (Å²) in [6, 6.07) is 6.12. The van der Waals surface area contributed by atoms with Crippen LogP contribution < -0.4 is 15.8 Å². The molecule has 0 fully saturated rings. The molecule has 0 aliphatic heterocycles. The first-order valence-electron chi connectivity index (χ1n) is 7.15. The molecule has 3 N–H and O–H groups in total. The van der Waals surface area contributed by atoms with Gasteiger partial charge >= 0.3 is 0 Å². The van der Waals surface area contributed by atoms with E-state index < -0.39 is 0 Å². The Morgan fingerprint density at radius 2 is 2.05 bits per heavy atom. The van der Waals surface area contributed by atoms with Crippen LogP contribution in [-0.2, 0) is 0 Å². The highest BCUT2D eigenvalue weighted by molar-refractivity contribution is 9.10. The molecule has 1 aromatic rings. The van der Waals surface area contributed by atoms with Crippen molar-refractivity contribution in [1.29, 1.82) is 0 Å². The summed E-state index contributed by atoms with van der Waals surface area (Å²) in [7, 11) is 1.69. The van der Waals surface area contributed by atoms with Gasteiger partial charge in [-0.05, 0) is 31.3 Å². The summed E-state index contributed by atoms with van der Waals surface area (Å²) >= 11 is 3.50. The maximum absolute atomic E-state index is 5.91. The van der Waals surface area contributed by atoms with Crippen molar-refractivity contribution in [3.05, 3.63) is 28.2 Å². The van der Waals surface area contributed by atoms with Crippen LogP contribution in [0.5, 0.6) is 5.75 Å². The topological polar surface area (TPSA) is 50.5 Å². The van der Waals surface area contributed by atoms with Gasteiger partial charge in [-0.3, -0.25) is 0 Å². The van der Waals surface area contributed by atoms with Crippen LogP contribution >= 0.6 is 15.9 Å². The number of halogens is 1. The minimum atomic E-state index is 0.109. The van der Waals surface area contributed by atoms with Crippen molar-refractivity contribution in [2.24, 2.45) is 5.73 Å². The molecule has 0 aromatic heterocycles. The number of rotatable bonds is 9. The van der Waals surface area contributed by atoms with Gasteiger partial charge in [-0.15, -0.1) is 0 Å². The Morgan fingerprint density at radius 3 is 2.60 bits per heavy atom. The number of nitrogens with one attached hydrogen (secondary N) is 1. The highest BCUT2D eigenvalue weighted by atomic mass is 79.9. The summed E-state index contributed by atoms with van der Waals surface area (Å²) in [5.41, 5.74) is 7.01. The zero-order chi connectivity index (χ0) is 15.0. The van der Waals surface area contributed by atoms with Crippen molar-refractivity contribution >= 4 is 15.9 Å². The third-order valence-electron chi connectivity index (χ3n) is 3.52. The Kier molecular flexibility index (Phi) is 8.14. The van der Waals surface area contributed by atoms with Crippen LogP contribution in [0, 0.1) is 0 Å². The average Bonchev–Trinajstić information content (AvgIpc) is 2.47. The molecule has 0 bridgehead atoms. The zero-order valence-corrected chi connectivity index (χ0v) is 14.2. The lowest BCUT2D eigenvalue weighted by Gasteiger charge is -2.23. The van der Waals surface area contributed by atoms with Gasteiger partial charge in [-0.1, -0.05) is 29.8 Å². The molecule has 0 heterocycles. The van der Waals surface area contributed by atoms with Crippen LogP contribution in [0.2, 0.25) is 0 Å². The second-order valence-corrected chi connectivity index (χ2v) is 5.57. The van der Waals surface area contributed by atoms with Gasteiger partial charge in [0, 0.05) is 35.7 Å². The van der Waals surface area contributed by atoms with E-state index in [0.29, 0.717) is 6.54 Å². The Labute approximate surface area is 130 Å². The molecule has 114 valence electrons. The Balaban J connectivity index is 2.68. The fourth-order valence-corrected chi connectivity index (χ4v) is 2.61. The minimum Gasteiger partial charge on any atom is -0.496 e. The molecule has 0 amide bonds. The van der Waals surface area contributed by atoms with Crippen LogP contribution in [0.25, 0.3) is 0 Å². The van der Waals surface area contributed by atoms with Gasteiger partial charge in [0.1, 0.15) is 5.75 Å². The van der Waals surface area contributed by atoms with Crippen LogP contribution in [-0.4, -0.2) is 44.7 Å². The summed E-state index contributed by atoms with van der Waals surface area (Å²) in [4.78, 5) is 2.39.